The third-order valence-electron chi connectivity index (χ3n) is 3.03. The largest absolute Gasteiger partial charge is 0.497 e. The summed E-state index contributed by atoms with van der Waals surface area (Å²) in [6.45, 7) is 2.84. The Balaban J connectivity index is 2.09. The van der Waals surface area contributed by atoms with E-state index in [4.69, 9.17) is 15.2 Å². The number of benzene rings is 1. The molecule has 0 saturated carbocycles. The molecule has 0 aliphatic carbocycles. The summed E-state index contributed by atoms with van der Waals surface area (Å²) in [6.07, 6.45) is 0. The topological polar surface area (TPSA) is 62.3 Å². The van der Waals surface area contributed by atoms with Crippen LogP contribution in [0, 0.1) is 6.92 Å². The monoisotopic (exact) mass is 261 g/mol. The number of nitrogens with two attached hydrogens (primary N) is 1. The Labute approximate surface area is 112 Å². The lowest BCUT2D eigenvalue weighted by molar-refractivity contribution is 0.276. The zero-order valence-corrected chi connectivity index (χ0v) is 11.5. The summed E-state index contributed by atoms with van der Waals surface area (Å²) < 4.78 is 12.7. The molecule has 0 radical (unpaired) electrons. The number of aryl methyl sites for hydroxylation is 2. The first kappa shape index (κ1) is 13.4. The van der Waals surface area contributed by atoms with Gasteiger partial charge in [0.15, 0.2) is 0 Å². The van der Waals surface area contributed by atoms with Gasteiger partial charge in [0.2, 0.25) is 5.88 Å². The van der Waals surface area contributed by atoms with Gasteiger partial charge < -0.3 is 15.2 Å². The van der Waals surface area contributed by atoms with Gasteiger partial charge in [0.05, 0.1) is 18.4 Å². The molecule has 1 heterocycles. The summed E-state index contributed by atoms with van der Waals surface area (Å²) in [4.78, 5) is 0. The summed E-state index contributed by atoms with van der Waals surface area (Å²) in [5, 5.41) is 4.31. The Morgan fingerprint density at radius 1 is 1.26 bits per heavy atom. The Morgan fingerprint density at radius 2 is 1.95 bits per heavy atom. The summed E-state index contributed by atoms with van der Waals surface area (Å²) in [5.74, 6) is 1.57. The molecule has 0 aliphatic heterocycles. The van der Waals surface area contributed by atoms with Crippen LogP contribution in [0.1, 0.15) is 16.8 Å². The van der Waals surface area contributed by atoms with Crippen molar-refractivity contribution in [1.82, 2.24) is 9.78 Å². The van der Waals surface area contributed by atoms with Crippen LogP contribution in [0.2, 0.25) is 0 Å². The van der Waals surface area contributed by atoms with Gasteiger partial charge in [-0.15, -0.1) is 0 Å². The van der Waals surface area contributed by atoms with Gasteiger partial charge in [0, 0.05) is 13.6 Å². The number of nitrogens with zero attached hydrogens (tertiary/aromatic N) is 2. The lowest BCUT2D eigenvalue weighted by Gasteiger charge is -2.09. The number of methoxy groups -OCH3 is 1. The smallest absolute Gasteiger partial charge is 0.216 e. The molecule has 19 heavy (non-hydrogen) atoms. The first-order chi connectivity index (χ1) is 9.15. The Kier molecular flexibility index (Phi) is 4.06. The van der Waals surface area contributed by atoms with E-state index in [1.165, 1.54) is 0 Å². The van der Waals surface area contributed by atoms with Gasteiger partial charge in [-0.1, -0.05) is 12.1 Å². The number of rotatable bonds is 5. The summed E-state index contributed by atoms with van der Waals surface area (Å²) in [7, 11) is 3.51. The summed E-state index contributed by atoms with van der Waals surface area (Å²) >= 11 is 0. The highest BCUT2D eigenvalue weighted by Crippen LogP contribution is 2.22. The van der Waals surface area contributed by atoms with Crippen molar-refractivity contribution in [3.8, 4) is 11.6 Å². The molecule has 0 spiro atoms. The lowest BCUT2D eigenvalue weighted by Crippen LogP contribution is -2.05. The standard InChI is InChI=1S/C14H19N3O2/c1-10-13(8-15)14(17(2)16-10)19-9-11-4-6-12(18-3)7-5-11/h4-7H,8-9,15H2,1-3H3. The van der Waals surface area contributed by atoms with Crippen LogP contribution in [-0.4, -0.2) is 16.9 Å². The van der Waals surface area contributed by atoms with Crippen LogP contribution >= 0.6 is 0 Å². The van der Waals surface area contributed by atoms with Gasteiger partial charge in [0.1, 0.15) is 12.4 Å². The van der Waals surface area contributed by atoms with Crippen molar-refractivity contribution in [2.24, 2.45) is 12.8 Å². The maximum absolute atomic E-state index is 5.82. The minimum absolute atomic E-state index is 0.428. The molecule has 0 unspecified atom stereocenters. The average molecular weight is 261 g/mol. The summed E-state index contributed by atoms with van der Waals surface area (Å²) in [5.41, 5.74) is 8.66. The van der Waals surface area contributed by atoms with E-state index in [2.05, 4.69) is 5.10 Å². The highest BCUT2D eigenvalue weighted by molar-refractivity contribution is 5.31. The molecule has 102 valence electrons. The predicted molar refractivity (Wildman–Crippen MR) is 73.2 cm³/mol. The number of aromatic nitrogens is 2. The van der Waals surface area contributed by atoms with Gasteiger partial charge >= 0.3 is 0 Å². The second-order valence-corrected chi connectivity index (χ2v) is 4.33. The van der Waals surface area contributed by atoms with Crippen LogP contribution in [0.25, 0.3) is 0 Å². The fraction of sp³-hybridized carbons (Fsp3) is 0.357. The molecule has 2 rings (SSSR count). The van der Waals surface area contributed by atoms with E-state index >= 15 is 0 Å². The predicted octanol–water partition coefficient (Wildman–Crippen LogP) is 1.77. The molecule has 0 saturated heterocycles. The third kappa shape index (κ3) is 2.88. The van der Waals surface area contributed by atoms with E-state index in [1.807, 2.05) is 38.2 Å². The molecular weight excluding hydrogens is 242 g/mol. The van der Waals surface area contributed by atoms with Crippen LogP contribution in [0.15, 0.2) is 24.3 Å². The molecular formula is C14H19N3O2. The second-order valence-electron chi connectivity index (χ2n) is 4.33. The van der Waals surface area contributed by atoms with Crippen molar-refractivity contribution in [3.05, 3.63) is 41.1 Å². The minimum Gasteiger partial charge on any atom is -0.497 e. The van der Waals surface area contributed by atoms with E-state index in [-0.39, 0.29) is 0 Å². The fourth-order valence-electron chi connectivity index (χ4n) is 1.97. The number of ether oxygens (including phenoxy) is 2. The van der Waals surface area contributed by atoms with E-state index in [9.17, 15) is 0 Å². The van der Waals surface area contributed by atoms with Crippen LogP contribution in [-0.2, 0) is 20.2 Å². The van der Waals surface area contributed by atoms with Gasteiger partial charge in [-0.05, 0) is 24.6 Å². The Hall–Kier alpha value is -2.01. The highest BCUT2D eigenvalue weighted by Gasteiger charge is 2.13. The van der Waals surface area contributed by atoms with E-state index < -0.39 is 0 Å². The van der Waals surface area contributed by atoms with Gasteiger partial charge in [-0.25, -0.2) is 4.68 Å². The molecule has 0 atom stereocenters. The molecule has 2 aromatic rings. The summed E-state index contributed by atoms with van der Waals surface area (Å²) in [6, 6.07) is 7.78. The first-order valence-electron chi connectivity index (χ1n) is 6.14. The molecule has 2 N–H and O–H groups in total. The molecule has 0 aliphatic rings. The van der Waals surface area contributed by atoms with E-state index in [1.54, 1.807) is 11.8 Å². The Morgan fingerprint density at radius 3 is 2.53 bits per heavy atom. The fourth-order valence-corrected chi connectivity index (χ4v) is 1.97. The molecule has 0 bridgehead atoms. The SMILES string of the molecule is COc1ccc(COc2c(CN)c(C)nn2C)cc1. The minimum atomic E-state index is 0.428. The van der Waals surface area contributed by atoms with Crippen molar-refractivity contribution < 1.29 is 9.47 Å². The highest BCUT2D eigenvalue weighted by atomic mass is 16.5. The zero-order valence-electron chi connectivity index (χ0n) is 11.5. The van der Waals surface area contributed by atoms with Crippen molar-refractivity contribution >= 4 is 0 Å². The van der Waals surface area contributed by atoms with E-state index in [0.717, 1.165) is 28.5 Å². The van der Waals surface area contributed by atoms with Crippen LogP contribution in [0.5, 0.6) is 11.6 Å². The number of hydrogen-bond acceptors (Lipinski definition) is 4. The molecule has 0 amide bonds. The first-order valence-corrected chi connectivity index (χ1v) is 6.14. The molecule has 5 nitrogen and oxygen atoms in total. The van der Waals surface area contributed by atoms with Crippen molar-refractivity contribution in [3.63, 3.8) is 0 Å². The van der Waals surface area contributed by atoms with Crippen LogP contribution < -0.4 is 15.2 Å². The van der Waals surface area contributed by atoms with Crippen LogP contribution in [0.3, 0.4) is 0 Å². The second kappa shape index (κ2) is 5.75. The molecule has 0 fully saturated rings. The van der Waals surface area contributed by atoms with Crippen molar-refractivity contribution in [1.29, 1.82) is 0 Å². The maximum atomic E-state index is 5.82. The quantitative estimate of drug-likeness (QED) is 0.891. The van der Waals surface area contributed by atoms with Crippen molar-refractivity contribution in [2.45, 2.75) is 20.1 Å². The zero-order chi connectivity index (χ0) is 13.8. The van der Waals surface area contributed by atoms with Crippen molar-refractivity contribution in [2.75, 3.05) is 7.11 Å². The lowest BCUT2D eigenvalue weighted by atomic mass is 10.2. The maximum Gasteiger partial charge on any atom is 0.216 e. The van der Waals surface area contributed by atoms with Crippen LogP contribution in [0.4, 0.5) is 0 Å². The Bertz CT molecular complexity index is 547. The van der Waals surface area contributed by atoms with Gasteiger partial charge in [-0.3, -0.25) is 0 Å². The molecule has 5 heteroatoms. The molecule has 1 aromatic heterocycles. The van der Waals surface area contributed by atoms with E-state index in [0.29, 0.717) is 13.2 Å². The number of hydrogen-bond donors (Lipinski definition) is 1. The molecule has 1 aromatic carbocycles. The third-order valence-corrected chi connectivity index (χ3v) is 3.03. The van der Waals surface area contributed by atoms with Gasteiger partial charge in [-0.2, -0.15) is 5.10 Å². The average Bonchev–Trinajstić information content (AvgIpc) is 2.70. The van der Waals surface area contributed by atoms with Gasteiger partial charge in [0.25, 0.3) is 0 Å². The normalized spacial score (nSPS) is 10.5.